The molecule has 3 aromatic carbocycles. The van der Waals surface area contributed by atoms with E-state index < -0.39 is 0 Å². The Labute approximate surface area is 260 Å². The number of piperazine rings is 1. The molecule has 2 aliphatic rings. The number of likely N-dealkylation sites (N-methyl/N-ethyl adjacent to an activating group) is 1. The van der Waals surface area contributed by atoms with Crippen molar-refractivity contribution in [1.82, 2.24) is 14.9 Å². The molecule has 0 spiro atoms. The van der Waals surface area contributed by atoms with Crippen molar-refractivity contribution in [1.29, 1.82) is 0 Å². The summed E-state index contributed by atoms with van der Waals surface area (Å²) in [5, 5.41) is 3.45. The Morgan fingerprint density at radius 1 is 0.886 bits per heavy atom. The standard InChI is InChI=1S/C36H40N6O2/c1-3-34(43)24-28-6-4-7-29(23-28)35-30(22-27-10-12-32(13-11-27)42-18-20-44-21-19-42)26-37-36(39-35)38-31-8-5-9-33(25-31)41-16-14-40(2)15-17-41/h3-13,23,25-26H,1,14-22,24H2,2H3,(H,37,38,39). The van der Waals surface area contributed by atoms with Crippen LogP contribution in [0, 0.1) is 0 Å². The monoisotopic (exact) mass is 588 g/mol. The average molecular weight is 589 g/mol. The lowest BCUT2D eigenvalue weighted by Crippen LogP contribution is -2.44. The van der Waals surface area contributed by atoms with Gasteiger partial charge in [-0.15, -0.1) is 0 Å². The highest BCUT2D eigenvalue weighted by Gasteiger charge is 2.16. The summed E-state index contributed by atoms with van der Waals surface area (Å²) in [5.74, 6) is 0.530. The first-order valence-corrected chi connectivity index (χ1v) is 15.4. The average Bonchev–Trinajstić information content (AvgIpc) is 3.07. The largest absolute Gasteiger partial charge is 0.378 e. The van der Waals surface area contributed by atoms with Crippen LogP contribution >= 0.6 is 0 Å². The second kappa shape index (κ2) is 13.8. The minimum absolute atomic E-state index is 0.00648. The number of benzene rings is 3. The fourth-order valence-electron chi connectivity index (χ4n) is 5.79. The molecule has 8 nitrogen and oxygen atoms in total. The Bertz CT molecular complexity index is 1590. The van der Waals surface area contributed by atoms with Crippen molar-refractivity contribution in [2.45, 2.75) is 12.8 Å². The molecular weight excluding hydrogens is 548 g/mol. The van der Waals surface area contributed by atoms with Gasteiger partial charge in [-0.3, -0.25) is 4.79 Å². The van der Waals surface area contributed by atoms with Crippen LogP contribution in [-0.4, -0.2) is 80.2 Å². The zero-order valence-electron chi connectivity index (χ0n) is 25.4. The number of anilines is 4. The van der Waals surface area contributed by atoms with Crippen LogP contribution in [0.1, 0.15) is 16.7 Å². The maximum atomic E-state index is 12.1. The van der Waals surface area contributed by atoms with Gasteiger partial charge >= 0.3 is 0 Å². The van der Waals surface area contributed by atoms with Gasteiger partial charge in [0, 0.05) is 86.5 Å². The predicted molar refractivity (Wildman–Crippen MR) is 178 cm³/mol. The fraction of sp³-hybridized carbons (Fsp3) is 0.306. The second-order valence-electron chi connectivity index (χ2n) is 11.5. The molecule has 0 bridgehead atoms. The zero-order chi connectivity index (χ0) is 30.3. The Balaban J connectivity index is 1.28. The van der Waals surface area contributed by atoms with Crippen molar-refractivity contribution < 1.29 is 9.53 Å². The lowest BCUT2D eigenvalue weighted by molar-refractivity contribution is -0.114. The van der Waals surface area contributed by atoms with E-state index in [-0.39, 0.29) is 5.78 Å². The quantitative estimate of drug-likeness (QED) is 0.248. The Hall–Kier alpha value is -4.53. The molecule has 44 heavy (non-hydrogen) atoms. The molecule has 2 aliphatic heterocycles. The van der Waals surface area contributed by atoms with Crippen molar-refractivity contribution in [2.75, 3.05) is 74.6 Å². The highest BCUT2D eigenvalue weighted by molar-refractivity contribution is 5.91. The van der Waals surface area contributed by atoms with E-state index in [9.17, 15) is 4.79 Å². The van der Waals surface area contributed by atoms with E-state index in [0.717, 1.165) is 80.6 Å². The highest BCUT2D eigenvalue weighted by atomic mass is 16.5. The van der Waals surface area contributed by atoms with Gasteiger partial charge in [-0.25, -0.2) is 9.97 Å². The highest BCUT2D eigenvalue weighted by Crippen LogP contribution is 2.29. The summed E-state index contributed by atoms with van der Waals surface area (Å²) in [6, 6.07) is 25.2. The van der Waals surface area contributed by atoms with Crippen molar-refractivity contribution in [3.63, 3.8) is 0 Å². The summed E-state index contributed by atoms with van der Waals surface area (Å²) < 4.78 is 5.51. The Morgan fingerprint density at radius 3 is 2.41 bits per heavy atom. The van der Waals surface area contributed by atoms with Crippen LogP contribution in [0.4, 0.5) is 23.0 Å². The van der Waals surface area contributed by atoms with E-state index in [1.165, 1.54) is 23.0 Å². The van der Waals surface area contributed by atoms with Gasteiger partial charge in [0.2, 0.25) is 5.95 Å². The number of rotatable bonds is 10. The third-order valence-electron chi connectivity index (χ3n) is 8.35. The van der Waals surface area contributed by atoms with E-state index in [0.29, 0.717) is 18.8 Å². The molecule has 0 radical (unpaired) electrons. The van der Waals surface area contributed by atoms with Crippen LogP contribution in [-0.2, 0) is 22.4 Å². The first kappa shape index (κ1) is 29.5. The number of nitrogens with zero attached hydrogens (tertiary/aromatic N) is 5. The molecule has 1 N–H and O–H groups in total. The maximum absolute atomic E-state index is 12.1. The van der Waals surface area contributed by atoms with Crippen molar-refractivity contribution in [3.8, 4) is 11.3 Å². The Kier molecular flexibility index (Phi) is 9.29. The lowest BCUT2D eigenvalue weighted by Gasteiger charge is -2.34. The van der Waals surface area contributed by atoms with Crippen LogP contribution < -0.4 is 15.1 Å². The number of carbonyl (C=O) groups excluding carboxylic acids is 1. The third kappa shape index (κ3) is 7.33. The molecule has 1 aromatic heterocycles. The van der Waals surface area contributed by atoms with E-state index in [4.69, 9.17) is 14.7 Å². The molecule has 0 amide bonds. The number of nitrogens with one attached hydrogen (secondary N) is 1. The molecular formula is C36H40N6O2. The molecule has 6 rings (SSSR count). The van der Waals surface area contributed by atoms with Gasteiger partial charge < -0.3 is 24.8 Å². The minimum Gasteiger partial charge on any atom is -0.378 e. The molecule has 2 fully saturated rings. The summed E-state index contributed by atoms with van der Waals surface area (Å²) in [5.41, 5.74) is 8.30. The number of morpholine rings is 1. The lowest BCUT2D eigenvalue weighted by atomic mass is 9.98. The molecule has 0 aliphatic carbocycles. The number of allylic oxidation sites excluding steroid dienone is 1. The van der Waals surface area contributed by atoms with Gasteiger partial charge in [-0.1, -0.05) is 43.0 Å². The number of hydrogen-bond acceptors (Lipinski definition) is 8. The van der Waals surface area contributed by atoms with Gasteiger partial charge in [0.1, 0.15) is 0 Å². The summed E-state index contributed by atoms with van der Waals surface area (Å²) in [4.78, 5) is 29.1. The number of hydrogen-bond donors (Lipinski definition) is 1. The third-order valence-corrected chi connectivity index (χ3v) is 8.35. The van der Waals surface area contributed by atoms with Crippen LogP contribution in [0.3, 0.4) is 0 Å². The zero-order valence-corrected chi connectivity index (χ0v) is 25.4. The van der Waals surface area contributed by atoms with Crippen molar-refractivity contribution in [2.24, 2.45) is 0 Å². The number of ketones is 1. The minimum atomic E-state index is -0.00648. The van der Waals surface area contributed by atoms with Gasteiger partial charge in [0.25, 0.3) is 0 Å². The SMILES string of the molecule is C=CC(=O)Cc1cccc(-c2nc(Nc3cccc(N4CCN(C)CC4)c3)ncc2Cc2ccc(N3CCOCC3)cc2)c1. The predicted octanol–water partition coefficient (Wildman–Crippen LogP) is 5.36. The second-order valence-corrected chi connectivity index (χ2v) is 11.5. The van der Waals surface area contributed by atoms with Crippen LogP contribution in [0.5, 0.6) is 0 Å². The van der Waals surface area contributed by atoms with Crippen LogP contribution in [0.15, 0.2) is 91.6 Å². The molecule has 0 atom stereocenters. The molecule has 8 heteroatoms. The topological polar surface area (TPSA) is 73.8 Å². The van der Waals surface area contributed by atoms with Gasteiger partial charge in [-0.2, -0.15) is 0 Å². The first-order valence-electron chi connectivity index (χ1n) is 15.4. The smallest absolute Gasteiger partial charge is 0.227 e. The molecule has 4 aromatic rings. The van der Waals surface area contributed by atoms with Gasteiger partial charge in [0.15, 0.2) is 5.78 Å². The van der Waals surface area contributed by atoms with Gasteiger partial charge in [0.05, 0.1) is 18.9 Å². The summed E-state index contributed by atoms with van der Waals surface area (Å²) >= 11 is 0. The first-order chi connectivity index (χ1) is 21.5. The number of ether oxygens (including phenoxy) is 1. The molecule has 0 unspecified atom stereocenters. The Morgan fingerprint density at radius 2 is 1.64 bits per heavy atom. The summed E-state index contributed by atoms with van der Waals surface area (Å²) in [7, 11) is 2.17. The van der Waals surface area contributed by atoms with E-state index in [2.05, 4.69) is 76.1 Å². The normalized spacial score (nSPS) is 15.7. The summed E-state index contributed by atoms with van der Waals surface area (Å²) in [6.07, 6.45) is 4.30. The maximum Gasteiger partial charge on any atom is 0.227 e. The fourth-order valence-corrected chi connectivity index (χ4v) is 5.79. The number of carbonyl (C=O) groups is 1. The van der Waals surface area contributed by atoms with Crippen molar-refractivity contribution >= 4 is 28.8 Å². The van der Waals surface area contributed by atoms with E-state index in [1.54, 1.807) is 0 Å². The molecule has 226 valence electrons. The van der Waals surface area contributed by atoms with Gasteiger partial charge in [-0.05, 0) is 60.6 Å². The number of aromatic nitrogens is 2. The van der Waals surface area contributed by atoms with E-state index in [1.807, 2.05) is 36.5 Å². The molecule has 2 saturated heterocycles. The van der Waals surface area contributed by atoms with Crippen LogP contribution in [0.2, 0.25) is 0 Å². The van der Waals surface area contributed by atoms with E-state index >= 15 is 0 Å². The molecule has 0 saturated carbocycles. The molecule has 3 heterocycles. The van der Waals surface area contributed by atoms with Crippen molar-refractivity contribution in [3.05, 3.63) is 108 Å². The summed E-state index contributed by atoms with van der Waals surface area (Å²) in [6.45, 7) is 11.1. The van der Waals surface area contributed by atoms with Crippen LogP contribution in [0.25, 0.3) is 11.3 Å².